The third kappa shape index (κ3) is 1.86. The van der Waals surface area contributed by atoms with Gasteiger partial charge < -0.3 is 15.2 Å². The van der Waals surface area contributed by atoms with Crippen molar-refractivity contribution in [3.05, 3.63) is 23.3 Å². The lowest BCUT2D eigenvalue weighted by atomic mass is 9.88. The lowest BCUT2D eigenvalue weighted by Gasteiger charge is -2.22. The number of hydrogen-bond acceptors (Lipinski definition) is 4. The average molecular weight is 249 g/mol. The molecule has 1 fully saturated rings. The number of rotatable bonds is 5. The number of ether oxygens (including phenoxy) is 2. The predicted molar refractivity (Wildman–Crippen MR) is 69.5 cm³/mol. The molecule has 1 atom stereocenters. The lowest BCUT2D eigenvalue weighted by molar-refractivity contribution is 0.111. The smallest absolute Gasteiger partial charge is 0.171 e. The first-order valence-corrected chi connectivity index (χ1v) is 6.06. The van der Waals surface area contributed by atoms with Crippen molar-refractivity contribution >= 4 is 6.29 Å². The molecule has 4 nitrogen and oxygen atoms in total. The van der Waals surface area contributed by atoms with E-state index in [0.29, 0.717) is 17.1 Å². The Bertz CT molecular complexity index is 464. The molecule has 0 aliphatic heterocycles. The van der Waals surface area contributed by atoms with Crippen LogP contribution in [0.25, 0.3) is 0 Å². The molecule has 0 radical (unpaired) electrons. The van der Waals surface area contributed by atoms with Crippen LogP contribution in [0.1, 0.15) is 35.7 Å². The van der Waals surface area contributed by atoms with E-state index >= 15 is 0 Å². The number of nitrogens with two attached hydrogens (primary N) is 1. The Hall–Kier alpha value is -1.55. The maximum Gasteiger partial charge on any atom is 0.171 e. The molecular weight excluding hydrogens is 230 g/mol. The fourth-order valence-corrected chi connectivity index (χ4v) is 2.51. The first kappa shape index (κ1) is 12.9. The van der Waals surface area contributed by atoms with Crippen LogP contribution in [0.5, 0.6) is 11.5 Å². The minimum atomic E-state index is -0.00267. The second-order valence-electron chi connectivity index (χ2n) is 4.86. The van der Waals surface area contributed by atoms with Gasteiger partial charge in [-0.3, -0.25) is 4.79 Å². The summed E-state index contributed by atoms with van der Waals surface area (Å²) < 4.78 is 10.5. The summed E-state index contributed by atoms with van der Waals surface area (Å²) in [4.78, 5) is 11.2. The zero-order valence-electron chi connectivity index (χ0n) is 11.0. The van der Waals surface area contributed by atoms with Crippen molar-refractivity contribution in [3.63, 3.8) is 0 Å². The zero-order chi connectivity index (χ0) is 13.3. The number of methoxy groups -OCH3 is 2. The molecule has 1 aromatic rings. The summed E-state index contributed by atoms with van der Waals surface area (Å²) in [5.74, 6) is 1.07. The molecule has 2 rings (SSSR count). The Morgan fingerprint density at radius 1 is 1.33 bits per heavy atom. The van der Waals surface area contributed by atoms with Gasteiger partial charge in [-0.25, -0.2) is 0 Å². The van der Waals surface area contributed by atoms with E-state index in [0.717, 1.165) is 24.7 Å². The number of hydrogen-bond donors (Lipinski definition) is 1. The van der Waals surface area contributed by atoms with Crippen LogP contribution in [-0.4, -0.2) is 26.5 Å². The van der Waals surface area contributed by atoms with Crippen LogP contribution in [0.4, 0.5) is 0 Å². The largest absolute Gasteiger partial charge is 0.493 e. The summed E-state index contributed by atoms with van der Waals surface area (Å²) in [6, 6.07) is 3.86. The van der Waals surface area contributed by atoms with E-state index in [1.807, 2.05) is 19.1 Å². The summed E-state index contributed by atoms with van der Waals surface area (Å²) in [5, 5.41) is 0. The van der Waals surface area contributed by atoms with E-state index in [9.17, 15) is 4.79 Å². The van der Waals surface area contributed by atoms with Crippen molar-refractivity contribution in [1.29, 1.82) is 0 Å². The molecule has 2 N–H and O–H groups in total. The Kier molecular flexibility index (Phi) is 3.30. The summed E-state index contributed by atoms with van der Waals surface area (Å²) in [5.41, 5.74) is 7.63. The van der Waals surface area contributed by atoms with Gasteiger partial charge >= 0.3 is 0 Å². The quantitative estimate of drug-likeness (QED) is 0.809. The minimum absolute atomic E-state index is 0.00267. The second-order valence-corrected chi connectivity index (χ2v) is 4.86. The Morgan fingerprint density at radius 2 is 2.00 bits per heavy atom. The second kappa shape index (κ2) is 4.61. The van der Waals surface area contributed by atoms with Gasteiger partial charge in [0, 0.05) is 11.5 Å². The third-order valence-electron chi connectivity index (χ3n) is 3.87. The molecule has 4 heteroatoms. The summed E-state index contributed by atoms with van der Waals surface area (Å²) in [6.07, 6.45) is 2.90. The van der Waals surface area contributed by atoms with Crippen molar-refractivity contribution in [2.24, 2.45) is 5.73 Å². The minimum Gasteiger partial charge on any atom is -0.493 e. The average Bonchev–Trinajstić information content (AvgIpc) is 3.18. The molecule has 0 spiro atoms. The van der Waals surface area contributed by atoms with Crippen molar-refractivity contribution in [2.45, 2.75) is 31.2 Å². The topological polar surface area (TPSA) is 61.5 Å². The molecule has 0 heterocycles. The molecule has 1 aromatic carbocycles. The summed E-state index contributed by atoms with van der Waals surface area (Å²) >= 11 is 0. The zero-order valence-corrected chi connectivity index (χ0v) is 11.0. The highest BCUT2D eigenvalue weighted by molar-refractivity contribution is 5.82. The Morgan fingerprint density at radius 3 is 2.39 bits per heavy atom. The molecule has 18 heavy (non-hydrogen) atoms. The molecule has 0 bridgehead atoms. The molecular formula is C14H19NO3. The van der Waals surface area contributed by atoms with E-state index in [1.165, 1.54) is 7.11 Å². The number of aldehydes is 1. The van der Waals surface area contributed by atoms with Crippen LogP contribution in [0.2, 0.25) is 0 Å². The van der Waals surface area contributed by atoms with E-state index in [4.69, 9.17) is 15.2 Å². The molecule has 1 saturated carbocycles. The first-order valence-electron chi connectivity index (χ1n) is 6.06. The Labute approximate surface area is 107 Å². The molecule has 1 aliphatic rings. The van der Waals surface area contributed by atoms with Crippen LogP contribution in [0.15, 0.2) is 12.1 Å². The van der Waals surface area contributed by atoms with Crippen molar-refractivity contribution in [2.75, 3.05) is 14.2 Å². The highest BCUT2D eigenvalue weighted by Gasteiger charge is 2.48. The highest BCUT2D eigenvalue weighted by Crippen LogP contribution is 2.52. The molecule has 0 aromatic heterocycles. The predicted octanol–water partition coefficient (Wildman–Crippen LogP) is 1.90. The normalized spacial score (nSPS) is 18.0. The monoisotopic (exact) mass is 249 g/mol. The summed E-state index contributed by atoms with van der Waals surface area (Å²) in [7, 11) is 3.10. The summed E-state index contributed by atoms with van der Waals surface area (Å²) in [6.45, 7) is 2.00. The van der Waals surface area contributed by atoms with Gasteiger partial charge in [-0.05, 0) is 37.5 Å². The Balaban J connectivity index is 2.54. The fraction of sp³-hybridized carbons (Fsp3) is 0.500. The SMILES string of the molecule is COc1cc(C2(C(C)N)CC2)cc(C=O)c1OC. The van der Waals surface area contributed by atoms with Gasteiger partial charge in [-0.15, -0.1) is 0 Å². The standard InChI is InChI=1S/C14H19NO3/c1-9(15)14(4-5-14)11-6-10(8-16)13(18-3)12(7-11)17-2/h6-9H,4-5,15H2,1-3H3. The maximum absolute atomic E-state index is 11.2. The molecule has 1 aliphatic carbocycles. The van der Waals surface area contributed by atoms with Gasteiger partial charge in [0.15, 0.2) is 17.8 Å². The van der Waals surface area contributed by atoms with E-state index < -0.39 is 0 Å². The van der Waals surface area contributed by atoms with Gasteiger partial charge in [0.05, 0.1) is 19.8 Å². The lowest BCUT2D eigenvalue weighted by Crippen LogP contribution is -2.31. The van der Waals surface area contributed by atoms with E-state index in [2.05, 4.69) is 0 Å². The van der Waals surface area contributed by atoms with Crippen molar-refractivity contribution in [1.82, 2.24) is 0 Å². The van der Waals surface area contributed by atoms with Crippen LogP contribution in [0, 0.1) is 0 Å². The number of carbonyl (C=O) groups excluding carboxylic acids is 1. The fourth-order valence-electron chi connectivity index (χ4n) is 2.51. The maximum atomic E-state index is 11.2. The van der Waals surface area contributed by atoms with Gasteiger partial charge in [0.2, 0.25) is 0 Å². The molecule has 98 valence electrons. The van der Waals surface area contributed by atoms with Crippen molar-refractivity contribution in [3.8, 4) is 11.5 Å². The van der Waals surface area contributed by atoms with Crippen molar-refractivity contribution < 1.29 is 14.3 Å². The van der Waals surface area contributed by atoms with Crippen LogP contribution in [0.3, 0.4) is 0 Å². The van der Waals surface area contributed by atoms with Gasteiger partial charge in [-0.2, -0.15) is 0 Å². The number of carbonyl (C=O) groups is 1. The van der Waals surface area contributed by atoms with Crippen LogP contribution >= 0.6 is 0 Å². The molecule has 1 unspecified atom stereocenters. The van der Waals surface area contributed by atoms with E-state index in [-0.39, 0.29) is 11.5 Å². The number of benzene rings is 1. The van der Waals surface area contributed by atoms with Crippen LogP contribution in [-0.2, 0) is 5.41 Å². The molecule has 0 saturated heterocycles. The van der Waals surface area contributed by atoms with E-state index in [1.54, 1.807) is 7.11 Å². The first-order chi connectivity index (χ1) is 8.58. The van der Waals surface area contributed by atoms with Crippen LogP contribution < -0.4 is 15.2 Å². The third-order valence-corrected chi connectivity index (χ3v) is 3.87. The van der Waals surface area contributed by atoms with Gasteiger partial charge in [0.25, 0.3) is 0 Å². The van der Waals surface area contributed by atoms with Gasteiger partial charge in [-0.1, -0.05) is 0 Å². The highest BCUT2D eigenvalue weighted by atomic mass is 16.5. The van der Waals surface area contributed by atoms with Gasteiger partial charge in [0.1, 0.15) is 0 Å². The molecule has 0 amide bonds.